The molecule has 0 radical (unpaired) electrons. The Morgan fingerprint density at radius 3 is 2.48 bits per heavy atom. The number of aryl methyl sites for hydroxylation is 1. The zero-order chi connectivity index (χ0) is 17.0. The maximum Gasteiger partial charge on any atom is 0.306 e. The summed E-state index contributed by atoms with van der Waals surface area (Å²) in [6.45, 7) is 1.60. The van der Waals surface area contributed by atoms with Gasteiger partial charge in [0.05, 0.1) is 26.6 Å². The van der Waals surface area contributed by atoms with E-state index in [2.05, 4.69) is 0 Å². The summed E-state index contributed by atoms with van der Waals surface area (Å²) >= 11 is 0. The van der Waals surface area contributed by atoms with Gasteiger partial charge in [0.1, 0.15) is 11.5 Å². The minimum atomic E-state index is -0.638. The number of hydrogen-bond donors (Lipinski definition) is 1. The number of hydrogen-bond acceptors (Lipinski definition) is 6. The summed E-state index contributed by atoms with van der Waals surface area (Å²) in [7, 11) is 2.83. The Bertz CT molecular complexity index is 745. The van der Waals surface area contributed by atoms with E-state index in [9.17, 15) is 14.7 Å². The van der Waals surface area contributed by atoms with Crippen molar-refractivity contribution >= 4 is 5.97 Å². The third-order valence-corrected chi connectivity index (χ3v) is 3.51. The first-order valence-corrected chi connectivity index (χ1v) is 7.00. The molecule has 0 aliphatic carbocycles. The molecule has 1 aromatic heterocycles. The number of esters is 1. The number of rotatable bonds is 5. The van der Waals surface area contributed by atoms with E-state index in [1.807, 2.05) is 0 Å². The lowest BCUT2D eigenvalue weighted by Crippen LogP contribution is -2.13. The topological polar surface area (TPSA) is 86.0 Å². The highest BCUT2D eigenvalue weighted by molar-refractivity contribution is 5.71. The Hall–Kier alpha value is -2.76. The Morgan fingerprint density at radius 1 is 1.26 bits per heavy atom. The van der Waals surface area contributed by atoms with Crippen molar-refractivity contribution in [3.63, 3.8) is 0 Å². The van der Waals surface area contributed by atoms with Gasteiger partial charge in [0.15, 0.2) is 5.76 Å². The first kappa shape index (κ1) is 16.6. The zero-order valence-electron chi connectivity index (χ0n) is 13.2. The van der Waals surface area contributed by atoms with Gasteiger partial charge in [0.2, 0.25) is 11.2 Å². The van der Waals surface area contributed by atoms with Crippen LogP contribution in [0, 0.1) is 6.92 Å². The van der Waals surface area contributed by atoms with Crippen molar-refractivity contribution in [1.82, 2.24) is 0 Å². The van der Waals surface area contributed by atoms with Crippen molar-refractivity contribution in [2.75, 3.05) is 14.2 Å². The molecule has 0 aliphatic heterocycles. The van der Waals surface area contributed by atoms with Gasteiger partial charge in [-0.3, -0.25) is 9.59 Å². The van der Waals surface area contributed by atoms with Crippen molar-refractivity contribution in [3.8, 4) is 11.5 Å². The van der Waals surface area contributed by atoms with Crippen LogP contribution in [-0.4, -0.2) is 25.3 Å². The third kappa shape index (κ3) is 3.71. The molecule has 2 rings (SSSR count). The van der Waals surface area contributed by atoms with Crippen LogP contribution in [-0.2, 0) is 9.53 Å². The van der Waals surface area contributed by atoms with Crippen molar-refractivity contribution in [1.29, 1.82) is 0 Å². The summed E-state index contributed by atoms with van der Waals surface area (Å²) in [5.74, 6) is -0.562. The van der Waals surface area contributed by atoms with Crippen molar-refractivity contribution in [2.24, 2.45) is 0 Å². The van der Waals surface area contributed by atoms with Crippen LogP contribution < -0.4 is 10.2 Å². The smallest absolute Gasteiger partial charge is 0.306 e. The predicted octanol–water partition coefficient (Wildman–Crippen LogP) is 2.36. The molecule has 122 valence electrons. The molecule has 6 nitrogen and oxygen atoms in total. The largest absolute Gasteiger partial charge is 0.502 e. The lowest BCUT2D eigenvalue weighted by atomic mass is 9.92. The van der Waals surface area contributed by atoms with Crippen LogP contribution >= 0.6 is 0 Å². The number of carbonyl (C=O) groups excluding carboxylic acids is 1. The molecule has 0 fully saturated rings. The zero-order valence-corrected chi connectivity index (χ0v) is 13.2. The summed E-state index contributed by atoms with van der Waals surface area (Å²) in [6.07, 6.45) is -0.0667. The van der Waals surface area contributed by atoms with Crippen LogP contribution in [0.4, 0.5) is 0 Å². The van der Waals surface area contributed by atoms with E-state index in [4.69, 9.17) is 13.9 Å². The van der Waals surface area contributed by atoms with Crippen LogP contribution in [0.2, 0.25) is 0 Å². The van der Waals surface area contributed by atoms with Gasteiger partial charge in [-0.2, -0.15) is 0 Å². The van der Waals surface area contributed by atoms with Gasteiger partial charge in [-0.1, -0.05) is 12.1 Å². The molecule has 0 aliphatic rings. The van der Waals surface area contributed by atoms with Crippen LogP contribution in [0.5, 0.6) is 11.5 Å². The molecular weight excluding hydrogens is 300 g/mol. The highest BCUT2D eigenvalue weighted by Crippen LogP contribution is 2.33. The molecule has 1 atom stereocenters. The van der Waals surface area contributed by atoms with E-state index in [1.165, 1.54) is 13.2 Å². The lowest BCUT2D eigenvalue weighted by Gasteiger charge is -2.17. The molecule has 0 unspecified atom stereocenters. The molecule has 1 N–H and O–H groups in total. The van der Waals surface area contributed by atoms with Crippen molar-refractivity contribution in [2.45, 2.75) is 19.3 Å². The van der Waals surface area contributed by atoms with E-state index in [1.54, 1.807) is 38.3 Å². The molecule has 0 saturated carbocycles. The predicted molar refractivity (Wildman–Crippen MR) is 82.8 cm³/mol. The van der Waals surface area contributed by atoms with Crippen LogP contribution in [0.25, 0.3) is 0 Å². The minimum Gasteiger partial charge on any atom is -0.502 e. The van der Waals surface area contributed by atoms with Gasteiger partial charge in [-0.05, 0) is 24.6 Å². The fraction of sp³-hybridized carbons (Fsp3) is 0.294. The average molecular weight is 318 g/mol. The molecule has 6 heteroatoms. The Morgan fingerprint density at radius 2 is 1.91 bits per heavy atom. The Kier molecular flexibility index (Phi) is 5.05. The summed E-state index contributed by atoms with van der Waals surface area (Å²) in [6, 6.07) is 8.14. The number of ether oxygens (including phenoxy) is 2. The van der Waals surface area contributed by atoms with Crippen molar-refractivity contribution in [3.05, 3.63) is 57.6 Å². The summed E-state index contributed by atoms with van der Waals surface area (Å²) in [5, 5.41) is 10.1. The number of aromatic hydroxyl groups is 1. The molecular formula is C17H18O6. The van der Waals surface area contributed by atoms with E-state index in [-0.39, 0.29) is 12.2 Å². The first-order valence-electron chi connectivity index (χ1n) is 7.00. The standard InChI is InChI=1S/C17H18O6/c1-10-8-14(18)16(20)17(23-10)13(9-15(19)22-3)11-4-6-12(21-2)7-5-11/h4-8,13,20H,9H2,1-3H3/t13-/m0/s1. The SMILES string of the molecule is COC(=O)C[C@@H](c1ccc(OC)cc1)c1oc(C)cc(=O)c1O. The van der Waals surface area contributed by atoms with E-state index >= 15 is 0 Å². The quantitative estimate of drug-likeness (QED) is 0.852. The number of benzene rings is 1. The fourth-order valence-electron chi connectivity index (χ4n) is 2.31. The van der Waals surface area contributed by atoms with Crippen LogP contribution in [0.1, 0.15) is 29.4 Å². The van der Waals surface area contributed by atoms with Gasteiger partial charge in [-0.15, -0.1) is 0 Å². The van der Waals surface area contributed by atoms with E-state index < -0.39 is 23.1 Å². The summed E-state index contributed by atoms with van der Waals surface area (Å²) in [4.78, 5) is 23.5. The monoisotopic (exact) mass is 318 g/mol. The van der Waals surface area contributed by atoms with Crippen LogP contribution in [0.3, 0.4) is 0 Å². The maximum absolute atomic E-state index is 11.8. The van der Waals surface area contributed by atoms with E-state index in [0.29, 0.717) is 17.1 Å². The van der Waals surface area contributed by atoms with Crippen molar-refractivity contribution < 1.29 is 23.8 Å². The normalized spacial score (nSPS) is 11.8. The fourth-order valence-corrected chi connectivity index (χ4v) is 2.31. The molecule has 0 amide bonds. The summed E-state index contributed by atoms with van der Waals surface area (Å²) < 4.78 is 15.3. The first-order chi connectivity index (χ1) is 11.0. The minimum absolute atomic E-state index is 0.0468. The van der Waals surface area contributed by atoms with Gasteiger partial charge >= 0.3 is 5.97 Å². The second-order valence-corrected chi connectivity index (χ2v) is 5.04. The van der Waals surface area contributed by atoms with E-state index in [0.717, 1.165) is 0 Å². The van der Waals surface area contributed by atoms with Gasteiger partial charge in [-0.25, -0.2) is 0 Å². The number of methoxy groups -OCH3 is 2. The lowest BCUT2D eigenvalue weighted by molar-refractivity contribution is -0.140. The highest BCUT2D eigenvalue weighted by atomic mass is 16.5. The Balaban J connectivity index is 2.53. The molecule has 0 bridgehead atoms. The van der Waals surface area contributed by atoms with Crippen LogP contribution in [0.15, 0.2) is 39.5 Å². The molecule has 1 heterocycles. The average Bonchev–Trinajstić information content (AvgIpc) is 2.56. The van der Waals surface area contributed by atoms with Gasteiger partial charge in [0.25, 0.3) is 0 Å². The Labute approximate surface area is 133 Å². The second-order valence-electron chi connectivity index (χ2n) is 5.04. The van der Waals surface area contributed by atoms with Gasteiger partial charge < -0.3 is 19.0 Å². The molecule has 2 aromatic rings. The molecule has 1 aromatic carbocycles. The summed E-state index contributed by atoms with van der Waals surface area (Å²) in [5.41, 5.74) is 0.146. The second kappa shape index (κ2) is 7.00. The van der Waals surface area contributed by atoms with Gasteiger partial charge in [0, 0.05) is 6.07 Å². The maximum atomic E-state index is 11.8. The third-order valence-electron chi connectivity index (χ3n) is 3.51. The molecule has 0 spiro atoms. The molecule has 23 heavy (non-hydrogen) atoms. The number of carbonyl (C=O) groups is 1. The highest BCUT2D eigenvalue weighted by Gasteiger charge is 2.26. The molecule has 0 saturated heterocycles.